The van der Waals surface area contributed by atoms with Crippen molar-refractivity contribution in [2.75, 3.05) is 18.1 Å². The maximum absolute atomic E-state index is 13.7. The normalized spacial score (nSPS) is 21.5. The van der Waals surface area contributed by atoms with Crippen molar-refractivity contribution in [1.29, 1.82) is 0 Å². The van der Waals surface area contributed by atoms with Gasteiger partial charge in [-0.3, -0.25) is 4.79 Å². The van der Waals surface area contributed by atoms with Crippen molar-refractivity contribution in [1.82, 2.24) is 10.4 Å². The van der Waals surface area contributed by atoms with E-state index in [1.54, 1.807) is 23.2 Å². The third-order valence-corrected chi connectivity index (χ3v) is 7.17. The predicted molar refractivity (Wildman–Crippen MR) is 128 cm³/mol. The van der Waals surface area contributed by atoms with Gasteiger partial charge in [-0.2, -0.15) is 5.10 Å². The Kier molecular flexibility index (Phi) is 7.93. The SMILES string of the molecule is C[C@H]1C(C(=O)N(c2ccc(Cl)cc2Cl)N2CCCCC2)=NN[C@@H]1c1ccc(Cl)s1.Cl. The van der Waals surface area contributed by atoms with Gasteiger partial charge in [0.1, 0.15) is 5.71 Å². The Labute approximate surface area is 201 Å². The van der Waals surface area contributed by atoms with Gasteiger partial charge in [-0.25, -0.2) is 10.0 Å². The molecule has 2 aliphatic rings. The molecule has 5 nitrogen and oxygen atoms in total. The average molecular weight is 508 g/mol. The second-order valence-corrected chi connectivity index (χ2v) is 9.85. The van der Waals surface area contributed by atoms with Crippen LogP contribution >= 0.6 is 58.5 Å². The molecule has 1 aromatic carbocycles. The predicted octanol–water partition coefficient (Wildman–Crippen LogP) is 6.20. The number of hydrazone groups is 1. The van der Waals surface area contributed by atoms with Crippen molar-refractivity contribution >= 4 is 75.9 Å². The molecule has 1 saturated heterocycles. The summed E-state index contributed by atoms with van der Waals surface area (Å²) in [5.41, 5.74) is 4.23. The van der Waals surface area contributed by atoms with Crippen molar-refractivity contribution in [3.8, 4) is 0 Å². The summed E-state index contributed by atoms with van der Waals surface area (Å²) in [6.45, 7) is 3.60. The van der Waals surface area contributed by atoms with E-state index in [0.717, 1.165) is 41.6 Å². The lowest BCUT2D eigenvalue weighted by Gasteiger charge is -2.38. The van der Waals surface area contributed by atoms with Gasteiger partial charge in [0.2, 0.25) is 0 Å². The van der Waals surface area contributed by atoms with E-state index < -0.39 is 0 Å². The number of carbonyl (C=O) groups excluding carboxylic acids is 1. The van der Waals surface area contributed by atoms with Crippen LogP contribution in [-0.2, 0) is 4.79 Å². The monoisotopic (exact) mass is 506 g/mol. The summed E-state index contributed by atoms with van der Waals surface area (Å²) in [7, 11) is 0. The van der Waals surface area contributed by atoms with Crippen molar-refractivity contribution in [3.63, 3.8) is 0 Å². The van der Waals surface area contributed by atoms with Crippen LogP contribution in [0.25, 0.3) is 0 Å². The summed E-state index contributed by atoms with van der Waals surface area (Å²) in [6.07, 6.45) is 3.23. The minimum absolute atomic E-state index is 0. The first-order valence-corrected chi connectivity index (χ1v) is 11.5. The van der Waals surface area contributed by atoms with Gasteiger partial charge in [0.25, 0.3) is 5.91 Å². The molecule has 0 saturated carbocycles. The Morgan fingerprint density at radius 3 is 2.53 bits per heavy atom. The van der Waals surface area contributed by atoms with E-state index in [2.05, 4.69) is 15.5 Å². The smallest absolute Gasteiger partial charge is 0.289 e. The molecular formula is C20H22Cl4N4OS. The molecule has 4 rings (SSSR count). The standard InChI is InChI=1S/C20H21Cl3N4OS.ClH/c1-12-18(16-7-8-17(23)29-16)24-25-19(12)20(28)27(26-9-3-2-4-10-26)15-6-5-13(21)11-14(15)22;/h5-8,11-12,18,24H,2-4,9-10H2,1H3;1H/t12-,18+;/m1./s1. The van der Waals surface area contributed by atoms with Crippen LogP contribution in [0.1, 0.15) is 37.1 Å². The highest BCUT2D eigenvalue weighted by molar-refractivity contribution is 7.16. The number of benzene rings is 1. The van der Waals surface area contributed by atoms with E-state index in [-0.39, 0.29) is 30.3 Å². The van der Waals surface area contributed by atoms with Gasteiger partial charge >= 0.3 is 0 Å². The average Bonchev–Trinajstić information content (AvgIpc) is 3.30. The molecule has 2 aromatic rings. The summed E-state index contributed by atoms with van der Waals surface area (Å²) < 4.78 is 0.719. The molecular weight excluding hydrogens is 486 g/mol. The molecule has 162 valence electrons. The summed E-state index contributed by atoms with van der Waals surface area (Å²) in [4.78, 5) is 14.7. The van der Waals surface area contributed by atoms with E-state index in [9.17, 15) is 4.79 Å². The zero-order chi connectivity index (χ0) is 20.5. The topological polar surface area (TPSA) is 47.9 Å². The van der Waals surface area contributed by atoms with Crippen molar-refractivity contribution < 1.29 is 4.79 Å². The number of rotatable bonds is 4. The van der Waals surface area contributed by atoms with Crippen LogP contribution in [0, 0.1) is 5.92 Å². The van der Waals surface area contributed by atoms with E-state index in [4.69, 9.17) is 34.8 Å². The highest BCUT2D eigenvalue weighted by Crippen LogP contribution is 2.36. The van der Waals surface area contributed by atoms with Crippen LogP contribution in [0.15, 0.2) is 35.4 Å². The Morgan fingerprint density at radius 1 is 1.17 bits per heavy atom. The molecule has 2 atom stereocenters. The quantitative estimate of drug-likeness (QED) is 0.535. The summed E-state index contributed by atoms with van der Waals surface area (Å²) >= 11 is 20.2. The molecule has 1 aromatic heterocycles. The summed E-state index contributed by atoms with van der Waals surface area (Å²) in [5, 5.41) is 9.13. The molecule has 0 aliphatic carbocycles. The van der Waals surface area contributed by atoms with Gasteiger partial charge in [-0.05, 0) is 43.2 Å². The first kappa shape index (κ1) is 23.6. The van der Waals surface area contributed by atoms with Crippen LogP contribution in [0.2, 0.25) is 14.4 Å². The van der Waals surface area contributed by atoms with Gasteiger partial charge < -0.3 is 5.43 Å². The minimum Gasteiger partial charge on any atom is -0.301 e. The second kappa shape index (κ2) is 10.1. The van der Waals surface area contributed by atoms with Gasteiger partial charge in [0.05, 0.1) is 21.1 Å². The molecule has 10 heteroatoms. The molecule has 0 spiro atoms. The lowest BCUT2D eigenvalue weighted by molar-refractivity contribution is -0.115. The zero-order valence-corrected chi connectivity index (χ0v) is 20.2. The third kappa shape index (κ3) is 4.74. The largest absolute Gasteiger partial charge is 0.301 e. The Hall–Kier alpha value is -1.02. The maximum Gasteiger partial charge on any atom is 0.289 e. The zero-order valence-electron chi connectivity index (χ0n) is 16.3. The molecule has 0 bridgehead atoms. The first-order chi connectivity index (χ1) is 14.0. The number of hydrazine groups is 1. The van der Waals surface area contributed by atoms with Crippen molar-refractivity contribution in [3.05, 3.63) is 49.6 Å². The highest BCUT2D eigenvalue weighted by Gasteiger charge is 2.39. The number of amides is 1. The summed E-state index contributed by atoms with van der Waals surface area (Å²) in [5.74, 6) is -0.267. The number of nitrogens with one attached hydrogen (secondary N) is 1. The number of halogens is 4. The van der Waals surface area contributed by atoms with Gasteiger partial charge in [-0.15, -0.1) is 23.7 Å². The molecule has 0 unspecified atom stereocenters. The third-order valence-electron chi connectivity index (χ3n) is 5.32. The number of hydrogen-bond acceptors (Lipinski definition) is 5. The van der Waals surface area contributed by atoms with Crippen LogP contribution in [0.3, 0.4) is 0 Å². The molecule has 30 heavy (non-hydrogen) atoms. The fraction of sp³-hybridized carbons (Fsp3) is 0.400. The van der Waals surface area contributed by atoms with Crippen molar-refractivity contribution in [2.24, 2.45) is 11.0 Å². The van der Waals surface area contributed by atoms with Crippen LogP contribution < -0.4 is 10.4 Å². The lowest BCUT2D eigenvalue weighted by Crippen LogP contribution is -2.52. The summed E-state index contributed by atoms with van der Waals surface area (Å²) in [6, 6.07) is 8.97. The van der Waals surface area contributed by atoms with E-state index in [1.807, 2.05) is 19.1 Å². The Balaban J connectivity index is 0.00000256. The first-order valence-electron chi connectivity index (χ1n) is 9.58. The Morgan fingerprint density at radius 2 is 1.90 bits per heavy atom. The molecule has 1 fully saturated rings. The number of thiophene rings is 1. The number of hydrogen-bond donors (Lipinski definition) is 1. The van der Waals surface area contributed by atoms with E-state index in [0.29, 0.717) is 21.4 Å². The van der Waals surface area contributed by atoms with E-state index >= 15 is 0 Å². The minimum atomic E-state index is -0.165. The number of piperidine rings is 1. The van der Waals surface area contributed by atoms with Crippen LogP contribution in [0.4, 0.5) is 5.69 Å². The molecule has 1 N–H and O–H groups in total. The Bertz CT molecular complexity index is 945. The fourth-order valence-corrected chi connectivity index (χ4v) is 5.49. The van der Waals surface area contributed by atoms with Crippen LogP contribution in [0.5, 0.6) is 0 Å². The number of anilines is 1. The number of carbonyl (C=O) groups is 1. The van der Waals surface area contributed by atoms with Gasteiger partial charge in [0, 0.05) is 28.9 Å². The molecule has 0 radical (unpaired) electrons. The lowest BCUT2D eigenvalue weighted by atomic mass is 9.96. The highest BCUT2D eigenvalue weighted by atomic mass is 35.5. The fourth-order valence-electron chi connectivity index (χ4n) is 3.79. The van der Waals surface area contributed by atoms with Gasteiger partial charge in [-0.1, -0.05) is 48.1 Å². The maximum atomic E-state index is 13.7. The molecule has 1 amide bonds. The van der Waals surface area contributed by atoms with Gasteiger partial charge in [0.15, 0.2) is 0 Å². The van der Waals surface area contributed by atoms with Crippen molar-refractivity contribution in [2.45, 2.75) is 32.2 Å². The van der Waals surface area contributed by atoms with E-state index in [1.165, 1.54) is 11.3 Å². The molecule has 2 aliphatic heterocycles. The van der Waals surface area contributed by atoms with Crippen LogP contribution in [-0.4, -0.2) is 29.7 Å². The molecule has 3 heterocycles. The second-order valence-electron chi connectivity index (χ2n) is 7.26. The number of nitrogens with zero attached hydrogens (tertiary/aromatic N) is 3.